The van der Waals surface area contributed by atoms with Crippen LogP contribution in [-0.2, 0) is 0 Å². The van der Waals surface area contributed by atoms with E-state index in [0.717, 1.165) is 12.8 Å². The summed E-state index contributed by atoms with van der Waals surface area (Å²) in [5.41, 5.74) is 0.848. The Morgan fingerprint density at radius 1 is 1.53 bits per heavy atom. The largest absolute Gasteiger partial charge is 0.490 e. The molecule has 2 N–H and O–H groups in total. The first kappa shape index (κ1) is 9.83. The van der Waals surface area contributed by atoms with Crippen molar-refractivity contribution in [1.29, 1.82) is 0 Å². The number of carbonyl (C=O) groups is 1. The van der Waals surface area contributed by atoms with Gasteiger partial charge in [-0.15, -0.1) is 0 Å². The minimum atomic E-state index is -0.944. The lowest BCUT2D eigenvalue weighted by Gasteiger charge is -2.09. The summed E-state index contributed by atoms with van der Waals surface area (Å²) in [6.45, 7) is 0. The van der Waals surface area contributed by atoms with Crippen molar-refractivity contribution in [2.24, 2.45) is 0 Å². The molecule has 0 spiro atoms. The summed E-state index contributed by atoms with van der Waals surface area (Å²) in [7, 11) is 1.70. The second-order valence-electron chi connectivity index (χ2n) is 3.58. The van der Waals surface area contributed by atoms with E-state index in [9.17, 15) is 4.79 Å². The van der Waals surface area contributed by atoms with E-state index in [1.165, 1.54) is 0 Å². The van der Waals surface area contributed by atoms with Crippen LogP contribution in [0.2, 0.25) is 0 Å². The van der Waals surface area contributed by atoms with Crippen LogP contribution in [0.5, 0.6) is 5.75 Å². The molecular formula is C11H13NO3. The fraction of sp³-hybridized carbons (Fsp3) is 0.364. The van der Waals surface area contributed by atoms with E-state index in [4.69, 9.17) is 9.84 Å². The Kier molecular flexibility index (Phi) is 2.49. The predicted octanol–water partition coefficient (Wildman–Crippen LogP) is 1.97. The molecule has 1 aromatic carbocycles. The highest BCUT2D eigenvalue weighted by Gasteiger charge is 2.24. The van der Waals surface area contributed by atoms with E-state index < -0.39 is 5.97 Å². The van der Waals surface area contributed by atoms with Gasteiger partial charge in [-0.1, -0.05) is 0 Å². The summed E-state index contributed by atoms with van der Waals surface area (Å²) in [5.74, 6) is -0.311. The number of hydrogen-bond acceptors (Lipinski definition) is 3. The molecule has 0 aliphatic heterocycles. The molecule has 0 bridgehead atoms. The zero-order chi connectivity index (χ0) is 10.8. The van der Waals surface area contributed by atoms with E-state index in [1.54, 1.807) is 25.2 Å². The topological polar surface area (TPSA) is 58.6 Å². The summed E-state index contributed by atoms with van der Waals surface area (Å²) in [6.07, 6.45) is 2.42. The van der Waals surface area contributed by atoms with Gasteiger partial charge in [0.25, 0.3) is 0 Å². The maximum atomic E-state index is 10.9. The number of nitrogens with one attached hydrogen (secondary N) is 1. The van der Waals surface area contributed by atoms with Gasteiger partial charge in [-0.2, -0.15) is 0 Å². The van der Waals surface area contributed by atoms with Crippen molar-refractivity contribution in [1.82, 2.24) is 0 Å². The number of rotatable bonds is 4. The van der Waals surface area contributed by atoms with Gasteiger partial charge in [0, 0.05) is 12.7 Å². The molecule has 0 atom stereocenters. The smallest absolute Gasteiger partial charge is 0.337 e. The monoisotopic (exact) mass is 207 g/mol. The molecule has 4 heteroatoms. The number of carboxylic acid groups (broad SMARTS) is 1. The minimum absolute atomic E-state index is 0.246. The summed E-state index contributed by atoms with van der Waals surface area (Å²) < 4.78 is 5.52. The van der Waals surface area contributed by atoms with Gasteiger partial charge in [-0.05, 0) is 31.0 Å². The van der Waals surface area contributed by atoms with E-state index in [2.05, 4.69) is 5.32 Å². The third-order valence-corrected chi connectivity index (χ3v) is 2.32. The Morgan fingerprint density at radius 2 is 2.27 bits per heavy atom. The van der Waals surface area contributed by atoms with E-state index >= 15 is 0 Å². The third-order valence-electron chi connectivity index (χ3n) is 2.32. The molecule has 15 heavy (non-hydrogen) atoms. The van der Waals surface area contributed by atoms with Gasteiger partial charge in [0.2, 0.25) is 0 Å². The average Bonchev–Trinajstić information content (AvgIpc) is 3.01. The third kappa shape index (κ3) is 2.21. The van der Waals surface area contributed by atoms with Crippen molar-refractivity contribution in [3.8, 4) is 5.75 Å². The maximum absolute atomic E-state index is 10.9. The van der Waals surface area contributed by atoms with Crippen LogP contribution < -0.4 is 10.1 Å². The molecule has 0 unspecified atom stereocenters. The average molecular weight is 207 g/mol. The highest BCUT2D eigenvalue weighted by atomic mass is 16.5. The molecule has 0 aromatic heterocycles. The summed E-state index contributed by atoms with van der Waals surface area (Å²) in [5, 5.41) is 11.8. The zero-order valence-electron chi connectivity index (χ0n) is 8.49. The van der Waals surface area contributed by atoms with Crippen molar-refractivity contribution in [2.75, 3.05) is 12.4 Å². The van der Waals surface area contributed by atoms with Crippen molar-refractivity contribution in [3.63, 3.8) is 0 Å². The van der Waals surface area contributed by atoms with Crippen molar-refractivity contribution < 1.29 is 14.6 Å². The highest BCUT2D eigenvalue weighted by molar-refractivity contribution is 5.94. The fourth-order valence-electron chi connectivity index (χ4n) is 1.37. The molecule has 1 aliphatic carbocycles. The predicted molar refractivity (Wildman–Crippen MR) is 56.6 cm³/mol. The second kappa shape index (κ2) is 3.81. The lowest BCUT2D eigenvalue weighted by molar-refractivity contribution is 0.0697. The van der Waals surface area contributed by atoms with Gasteiger partial charge in [0.15, 0.2) is 0 Å². The molecule has 2 rings (SSSR count). The summed E-state index contributed by atoms with van der Waals surface area (Å²) in [6, 6.07) is 5.07. The Balaban J connectivity index is 2.26. The number of aromatic carboxylic acids is 1. The lowest BCUT2D eigenvalue weighted by atomic mass is 10.1. The molecule has 1 aromatic rings. The van der Waals surface area contributed by atoms with Crippen LogP contribution in [0.15, 0.2) is 18.2 Å². The van der Waals surface area contributed by atoms with Gasteiger partial charge in [0.1, 0.15) is 5.75 Å². The van der Waals surface area contributed by atoms with Crippen LogP contribution in [0.4, 0.5) is 5.69 Å². The van der Waals surface area contributed by atoms with Crippen molar-refractivity contribution in [2.45, 2.75) is 18.9 Å². The molecule has 0 heterocycles. The number of carboxylic acids is 1. The molecular weight excluding hydrogens is 194 g/mol. The first-order chi connectivity index (χ1) is 7.20. The first-order valence-electron chi connectivity index (χ1n) is 4.92. The molecule has 80 valence electrons. The number of anilines is 1. The van der Waals surface area contributed by atoms with Gasteiger partial charge in [0.05, 0.1) is 11.7 Å². The summed E-state index contributed by atoms with van der Waals surface area (Å²) >= 11 is 0. The minimum Gasteiger partial charge on any atom is -0.490 e. The molecule has 0 saturated heterocycles. The molecule has 0 amide bonds. The zero-order valence-corrected chi connectivity index (χ0v) is 8.49. The van der Waals surface area contributed by atoms with E-state index in [-0.39, 0.29) is 11.7 Å². The Bertz CT molecular complexity index is 385. The fourth-order valence-corrected chi connectivity index (χ4v) is 1.37. The van der Waals surface area contributed by atoms with Crippen molar-refractivity contribution >= 4 is 11.7 Å². The maximum Gasteiger partial charge on any atom is 0.337 e. The van der Waals surface area contributed by atoms with Gasteiger partial charge in [-0.25, -0.2) is 4.79 Å². The molecule has 1 saturated carbocycles. The lowest BCUT2D eigenvalue weighted by Crippen LogP contribution is -2.04. The second-order valence-corrected chi connectivity index (χ2v) is 3.58. The van der Waals surface area contributed by atoms with Crippen LogP contribution in [-0.4, -0.2) is 24.2 Å². The molecule has 4 nitrogen and oxygen atoms in total. The van der Waals surface area contributed by atoms with Crippen LogP contribution in [0.3, 0.4) is 0 Å². The van der Waals surface area contributed by atoms with E-state index in [0.29, 0.717) is 11.4 Å². The molecule has 0 radical (unpaired) electrons. The van der Waals surface area contributed by atoms with Gasteiger partial charge < -0.3 is 15.2 Å². The number of hydrogen-bond donors (Lipinski definition) is 2. The normalized spacial score (nSPS) is 14.7. The number of ether oxygens (including phenoxy) is 1. The van der Waals surface area contributed by atoms with Gasteiger partial charge >= 0.3 is 5.97 Å². The van der Waals surface area contributed by atoms with E-state index in [1.807, 2.05) is 0 Å². The quantitative estimate of drug-likeness (QED) is 0.792. The Labute approximate surface area is 87.9 Å². The van der Waals surface area contributed by atoms with Crippen molar-refractivity contribution in [3.05, 3.63) is 23.8 Å². The SMILES string of the molecule is CNc1ccc(OC2CC2)cc1C(=O)O. The van der Waals surface area contributed by atoms with Crippen LogP contribution in [0.1, 0.15) is 23.2 Å². The van der Waals surface area contributed by atoms with Crippen LogP contribution >= 0.6 is 0 Å². The highest BCUT2D eigenvalue weighted by Crippen LogP contribution is 2.29. The molecule has 1 fully saturated rings. The Hall–Kier alpha value is -1.71. The number of benzene rings is 1. The van der Waals surface area contributed by atoms with Gasteiger partial charge in [-0.3, -0.25) is 0 Å². The summed E-state index contributed by atoms with van der Waals surface area (Å²) in [4.78, 5) is 10.9. The first-order valence-corrected chi connectivity index (χ1v) is 4.92. The van der Waals surface area contributed by atoms with Crippen LogP contribution in [0, 0.1) is 0 Å². The Morgan fingerprint density at radius 3 is 2.80 bits per heavy atom. The van der Waals surface area contributed by atoms with Crippen LogP contribution in [0.25, 0.3) is 0 Å². The standard InChI is InChI=1S/C11H13NO3/c1-12-10-5-4-8(15-7-2-3-7)6-9(10)11(13)14/h4-7,12H,2-3H2,1H3,(H,13,14). The molecule has 1 aliphatic rings.